The van der Waals surface area contributed by atoms with Crippen molar-refractivity contribution in [1.29, 1.82) is 0 Å². The highest BCUT2D eigenvalue weighted by atomic mass is 16.5. The molecule has 0 bridgehead atoms. The number of aromatic nitrogens is 3. The van der Waals surface area contributed by atoms with Crippen molar-refractivity contribution >= 4 is 5.82 Å². The Balaban J connectivity index is 1.51. The molecule has 2 aliphatic heterocycles. The van der Waals surface area contributed by atoms with Crippen LogP contribution in [-0.2, 0) is 24.1 Å². The van der Waals surface area contributed by atoms with Gasteiger partial charge in [0.05, 0.1) is 23.6 Å². The number of hydrogen-bond acceptors (Lipinski definition) is 6. The van der Waals surface area contributed by atoms with Crippen LogP contribution in [0.15, 0.2) is 30.7 Å². The number of anilines is 1. The number of hydrogen-bond donors (Lipinski definition) is 0. The second-order valence-corrected chi connectivity index (χ2v) is 7.75. The normalized spacial score (nSPS) is 20.5. The van der Waals surface area contributed by atoms with Gasteiger partial charge in [-0.25, -0.2) is 9.97 Å². The Morgan fingerprint density at radius 1 is 1.08 bits per heavy atom. The molecule has 0 atom stereocenters. The lowest BCUT2D eigenvalue weighted by Crippen LogP contribution is -2.49. The summed E-state index contributed by atoms with van der Waals surface area (Å²) in [6, 6.07) is 6.12. The fraction of sp³-hybridized carbons (Fsp3) is 0.550. The molecule has 0 spiro atoms. The highest BCUT2D eigenvalue weighted by Crippen LogP contribution is 2.28. The van der Waals surface area contributed by atoms with E-state index in [1.165, 1.54) is 11.3 Å². The molecule has 4 rings (SSSR count). The molecule has 6 nitrogen and oxygen atoms in total. The minimum atomic E-state index is -0.133. The lowest BCUT2D eigenvalue weighted by Gasteiger charge is -2.39. The third-order valence-electron chi connectivity index (χ3n) is 5.19. The first kappa shape index (κ1) is 17.4. The summed E-state index contributed by atoms with van der Waals surface area (Å²) in [6.45, 7) is 9.71. The average molecular weight is 353 g/mol. The van der Waals surface area contributed by atoms with Gasteiger partial charge < -0.3 is 9.64 Å². The van der Waals surface area contributed by atoms with E-state index in [-0.39, 0.29) is 5.60 Å². The van der Waals surface area contributed by atoms with Crippen LogP contribution in [0.25, 0.3) is 0 Å². The number of ether oxygens (including phenoxy) is 1. The number of nitrogens with zero attached hydrogens (tertiary/aromatic N) is 5. The third-order valence-corrected chi connectivity index (χ3v) is 5.19. The molecule has 0 amide bonds. The third kappa shape index (κ3) is 3.86. The van der Waals surface area contributed by atoms with Gasteiger partial charge >= 0.3 is 0 Å². The second-order valence-electron chi connectivity index (χ2n) is 7.75. The number of rotatable bonds is 3. The fourth-order valence-electron chi connectivity index (χ4n) is 3.90. The van der Waals surface area contributed by atoms with Crippen LogP contribution in [0.1, 0.15) is 30.8 Å². The van der Waals surface area contributed by atoms with Crippen molar-refractivity contribution in [1.82, 2.24) is 19.9 Å². The maximum absolute atomic E-state index is 5.87. The Morgan fingerprint density at radius 2 is 1.96 bits per heavy atom. The average Bonchev–Trinajstić information content (AvgIpc) is 2.84. The summed E-state index contributed by atoms with van der Waals surface area (Å²) in [5, 5.41) is 0. The van der Waals surface area contributed by atoms with Crippen LogP contribution in [0.2, 0.25) is 0 Å². The van der Waals surface area contributed by atoms with Gasteiger partial charge in [-0.3, -0.25) is 9.88 Å². The summed E-state index contributed by atoms with van der Waals surface area (Å²) in [5.74, 6) is 1.10. The standard InChI is InChI=1S/C20H27N5O/c1-20(2)14-25(11-12-26-20)19-17-6-9-24(10-7-18(17)22-15-23-19)13-16-5-3-4-8-21-16/h3-5,8,15H,6-7,9-14H2,1-2H3. The van der Waals surface area contributed by atoms with E-state index in [4.69, 9.17) is 4.74 Å². The Labute approximate surface area is 155 Å². The van der Waals surface area contributed by atoms with E-state index < -0.39 is 0 Å². The highest BCUT2D eigenvalue weighted by Gasteiger charge is 2.30. The first-order valence-electron chi connectivity index (χ1n) is 9.45. The summed E-state index contributed by atoms with van der Waals surface area (Å²) in [6.07, 6.45) is 5.54. The van der Waals surface area contributed by atoms with Crippen LogP contribution >= 0.6 is 0 Å². The van der Waals surface area contributed by atoms with Gasteiger partial charge in [0.15, 0.2) is 0 Å². The molecule has 4 heterocycles. The van der Waals surface area contributed by atoms with Gasteiger partial charge in [0, 0.05) is 50.9 Å². The summed E-state index contributed by atoms with van der Waals surface area (Å²) < 4.78 is 5.87. The predicted octanol–water partition coefficient (Wildman–Crippen LogP) is 2.09. The Kier molecular flexibility index (Phi) is 4.87. The Hall–Kier alpha value is -2.05. The quantitative estimate of drug-likeness (QED) is 0.842. The van der Waals surface area contributed by atoms with Crippen LogP contribution in [0.4, 0.5) is 5.82 Å². The molecule has 26 heavy (non-hydrogen) atoms. The van der Waals surface area contributed by atoms with Gasteiger partial charge in [0.25, 0.3) is 0 Å². The van der Waals surface area contributed by atoms with Gasteiger partial charge in [-0.15, -0.1) is 0 Å². The van der Waals surface area contributed by atoms with Crippen LogP contribution in [0.3, 0.4) is 0 Å². The topological polar surface area (TPSA) is 54.4 Å². The zero-order valence-electron chi connectivity index (χ0n) is 15.7. The maximum atomic E-state index is 5.87. The zero-order valence-corrected chi connectivity index (χ0v) is 15.7. The summed E-state index contributed by atoms with van der Waals surface area (Å²) in [5.41, 5.74) is 3.50. The lowest BCUT2D eigenvalue weighted by molar-refractivity contribution is -0.0279. The number of morpholine rings is 1. The van der Waals surface area contributed by atoms with E-state index in [9.17, 15) is 0 Å². The molecule has 2 aromatic heterocycles. The molecule has 0 unspecified atom stereocenters. The smallest absolute Gasteiger partial charge is 0.135 e. The summed E-state index contributed by atoms with van der Waals surface area (Å²) >= 11 is 0. The fourth-order valence-corrected chi connectivity index (χ4v) is 3.90. The number of pyridine rings is 1. The van der Waals surface area contributed by atoms with Crippen molar-refractivity contribution < 1.29 is 4.74 Å². The number of fused-ring (bicyclic) bond motifs is 1. The summed E-state index contributed by atoms with van der Waals surface area (Å²) in [7, 11) is 0. The molecular weight excluding hydrogens is 326 g/mol. The van der Waals surface area contributed by atoms with Gasteiger partial charge in [0.2, 0.25) is 0 Å². The van der Waals surface area contributed by atoms with Crippen molar-refractivity contribution in [3.63, 3.8) is 0 Å². The Morgan fingerprint density at radius 3 is 2.77 bits per heavy atom. The van der Waals surface area contributed by atoms with Crippen molar-refractivity contribution in [3.05, 3.63) is 47.7 Å². The molecule has 0 N–H and O–H groups in total. The molecule has 0 aliphatic carbocycles. The molecule has 0 radical (unpaired) electrons. The van der Waals surface area contributed by atoms with E-state index in [0.29, 0.717) is 0 Å². The first-order chi connectivity index (χ1) is 12.6. The van der Waals surface area contributed by atoms with Crippen molar-refractivity contribution in [2.24, 2.45) is 0 Å². The van der Waals surface area contributed by atoms with Crippen molar-refractivity contribution in [2.45, 2.75) is 38.8 Å². The molecule has 6 heteroatoms. The van der Waals surface area contributed by atoms with E-state index in [1.807, 2.05) is 12.3 Å². The molecule has 0 saturated carbocycles. The maximum Gasteiger partial charge on any atom is 0.135 e. The largest absolute Gasteiger partial charge is 0.372 e. The van der Waals surface area contributed by atoms with Gasteiger partial charge in [-0.1, -0.05) is 6.07 Å². The summed E-state index contributed by atoms with van der Waals surface area (Å²) in [4.78, 5) is 18.6. The molecule has 138 valence electrons. The van der Waals surface area contributed by atoms with Gasteiger partial charge in [-0.05, 0) is 32.4 Å². The second kappa shape index (κ2) is 7.29. The van der Waals surface area contributed by atoms with Crippen molar-refractivity contribution in [3.8, 4) is 0 Å². The molecule has 0 aromatic carbocycles. The molecule has 1 fully saturated rings. The van der Waals surface area contributed by atoms with Gasteiger partial charge in [-0.2, -0.15) is 0 Å². The Bertz CT molecular complexity index is 749. The first-order valence-corrected chi connectivity index (χ1v) is 9.45. The molecular formula is C20H27N5O. The SMILES string of the molecule is CC1(C)CN(c2ncnc3c2CCN(Cc2ccccn2)CC3)CCO1. The van der Waals surface area contributed by atoms with E-state index in [1.54, 1.807) is 6.33 Å². The highest BCUT2D eigenvalue weighted by molar-refractivity contribution is 5.50. The van der Waals surface area contributed by atoms with Crippen LogP contribution in [-0.4, -0.2) is 58.2 Å². The molecule has 1 saturated heterocycles. The minimum absolute atomic E-state index is 0.133. The minimum Gasteiger partial charge on any atom is -0.372 e. The van der Waals surface area contributed by atoms with Gasteiger partial charge in [0.1, 0.15) is 12.1 Å². The predicted molar refractivity (Wildman–Crippen MR) is 101 cm³/mol. The molecule has 2 aliphatic rings. The lowest BCUT2D eigenvalue weighted by atomic mass is 10.1. The molecule has 2 aromatic rings. The van der Waals surface area contributed by atoms with E-state index >= 15 is 0 Å². The van der Waals surface area contributed by atoms with Crippen molar-refractivity contribution in [2.75, 3.05) is 37.7 Å². The van der Waals surface area contributed by atoms with Crippen LogP contribution < -0.4 is 4.90 Å². The van der Waals surface area contributed by atoms with E-state index in [0.717, 1.165) is 63.7 Å². The van der Waals surface area contributed by atoms with E-state index in [2.05, 4.69) is 50.7 Å². The zero-order chi connectivity index (χ0) is 18.0. The van der Waals surface area contributed by atoms with Crippen LogP contribution in [0, 0.1) is 0 Å². The van der Waals surface area contributed by atoms with Crippen LogP contribution in [0.5, 0.6) is 0 Å². The monoisotopic (exact) mass is 353 g/mol.